The summed E-state index contributed by atoms with van der Waals surface area (Å²) < 4.78 is 0. The van der Waals surface area contributed by atoms with Gasteiger partial charge in [0.25, 0.3) is 0 Å². The first-order valence-corrected chi connectivity index (χ1v) is 4.86. The number of hydrogen-bond acceptors (Lipinski definition) is 2. The third kappa shape index (κ3) is 1.25. The van der Waals surface area contributed by atoms with Crippen LogP contribution in [0.15, 0.2) is 12.2 Å². The Morgan fingerprint density at radius 2 is 2.15 bits per heavy atom. The summed E-state index contributed by atoms with van der Waals surface area (Å²) in [5.74, 6) is 1.59. The smallest absolute Gasteiger partial charge is 0.133 e. The number of fused-ring (bicyclic) bond motifs is 2. The maximum absolute atomic E-state index is 11.4. The maximum atomic E-state index is 11.4. The largest absolute Gasteiger partial charge is 0.303 e. The summed E-state index contributed by atoms with van der Waals surface area (Å²) in [6.45, 7) is 1.65. The summed E-state index contributed by atoms with van der Waals surface area (Å²) in [4.78, 5) is 21.8. The van der Waals surface area contributed by atoms with E-state index in [1.54, 1.807) is 6.92 Å². The zero-order valence-electron chi connectivity index (χ0n) is 7.77. The van der Waals surface area contributed by atoms with Gasteiger partial charge in [-0.2, -0.15) is 0 Å². The number of allylic oxidation sites excluding steroid dienone is 2. The zero-order valence-corrected chi connectivity index (χ0v) is 7.77. The molecule has 0 N–H and O–H groups in total. The molecular formula is C11H14O2. The van der Waals surface area contributed by atoms with Crippen LogP contribution in [-0.4, -0.2) is 12.1 Å². The minimum absolute atomic E-state index is 0.125. The van der Waals surface area contributed by atoms with Crippen LogP contribution < -0.4 is 0 Å². The fraction of sp³-hybridized carbons (Fsp3) is 0.636. The average molecular weight is 178 g/mol. The number of carbonyl (C=O) groups excluding carboxylic acids is 2. The molecule has 0 heterocycles. The van der Waals surface area contributed by atoms with Crippen molar-refractivity contribution in [3.05, 3.63) is 12.2 Å². The van der Waals surface area contributed by atoms with Crippen molar-refractivity contribution >= 4 is 12.1 Å². The Morgan fingerprint density at radius 1 is 1.46 bits per heavy atom. The molecule has 2 nitrogen and oxygen atoms in total. The molecule has 1 fully saturated rings. The van der Waals surface area contributed by atoms with Gasteiger partial charge in [-0.15, -0.1) is 0 Å². The molecule has 0 aromatic carbocycles. The van der Waals surface area contributed by atoms with Crippen LogP contribution in [0.3, 0.4) is 0 Å². The van der Waals surface area contributed by atoms with Crippen molar-refractivity contribution < 1.29 is 9.59 Å². The van der Waals surface area contributed by atoms with Gasteiger partial charge in [0.2, 0.25) is 0 Å². The van der Waals surface area contributed by atoms with Crippen LogP contribution in [0, 0.1) is 23.7 Å². The van der Waals surface area contributed by atoms with E-state index in [1.165, 1.54) is 0 Å². The van der Waals surface area contributed by atoms with E-state index in [9.17, 15) is 9.59 Å². The summed E-state index contributed by atoms with van der Waals surface area (Å²) in [7, 11) is 0. The Bertz CT molecular complexity index is 267. The highest BCUT2D eigenvalue weighted by Crippen LogP contribution is 2.49. The first kappa shape index (κ1) is 8.67. The topological polar surface area (TPSA) is 34.1 Å². The molecule has 0 saturated heterocycles. The molecule has 2 bridgehead atoms. The molecule has 2 aliphatic carbocycles. The lowest BCUT2D eigenvalue weighted by atomic mass is 9.79. The van der Waals surface area contributed by atoms with Gasteiger partial charge in [0.15, 0.2) is 0 Å². The molecule has 0 spiro atoms. The lowest BCUT2D eigenvalue weighted by molar-refractivity contribution is -0.123. The van der Waals surface area contributed by atoms with Crippen LogP contribution in [-0.2, 0) is 9.59 Å². The number of rotatable bonds is 3. The highest BCUT2D eigenvalue weighted by molar-refractivity contribution is 5.80. The Balaban J connectivity index is 2.20. The molecular weight excluding hydrogens is 164 g/mol. The van der Waals surface area contributed by atoms with Crippen LogP contribution in [0.1, 0.15) is 19.8 Å². The summed E-state index contributed by atoms with van der Waals surface area (Å²) in [5.41, 5.74) is 0. The third-order valence-electron chi connectivity index (χ3n) is 3.46. The lowest BCUT2D eigenvalue weighted by Gasteiger charge is -2.23. The normalized spacial score (nSPS) is 41.0. The predicted octanol–water partition coefficient (Wildman–Crippen LogP) is 1.60. The van der Waals surface area contributed by atoms with E-state index in [2.05, 4.69) is 12.2 Å². The van der Waals surface area contributed by atoms with Crippen molar-refractivity contribution in [2.75, 3.05) is 0 Å². The van der Waals surface area contributed by atoms with Gasteiger partial charge >= 0.3 is 0 Å². The zero-order chi connectivity index (χ0) is 9.42. The van der Waals surface area contributed by atoms with Gasteiger partial charge in [0.05, 0.1) is 0 Å². The van der Waals surface area contributed by atoms with Crippen LogP contribution in [0.5, 0.6) is 0 Å². The second-order valence-corrected chi connectivity index (χ2v) is 4.15. The second kappa shape index (κ2) is 3.09. The van der Waals surface area contributed by atoms with Gasteiger partial charge in [-0.3, -0.25) is 4.79 Å². The number of ketones is 1. The molecule has 0 aromatic rings. The summed E-state index contributed by atoms with van der Waals surface area (Å²) in [6.07, 6.45) is 6.92. The maximum Gasteiger partial charge on any atom is 0.133 e. The summed E-state index contributed by atoms with van der Waals surface area (Å²) in [6, 6.07) is 0. The molecule has 0 aliphatic heterocycles. The molecule has 13 heavy (non-hydrogen) atoms. The van der Waals surface area contributed by atoms with E-state index in [4.69, 9.17) is 0 Å². The minimum Gasteiger partial charge on any atom is -0.303 e. The Hall–Kier alpha value is -0.920. The van der Waals surface area contributed by atoms with Gasteiger partial charge in [-0.25, -0.2) is 0 Å². The third-order valence-corrected chi connectivity index (χ3v) is 3.46. The summed E-state index contributed by atoms with van der Waals surface area (Å²) >= 11 is 0. The Kier molecular flexibility index (Phi) is 2.06. The number of carbonyl (C=O) groups is 2. The number of hydrogen-bond donors (Lipinski definition) is 0. The molecule has 0 aromatic heterocycles. The van der Waals surface area contributed by atoms with Crippen molar-refractivity contribution in [2.45, 2.75) is 19.8 Å². The molecule has 0 radical (unpaired) electrons. The van der Waals surface area contributed by atoms with E-state index < -0.39 is 0 Å². The van der Waals surface area contributed by atoms with E-state index in [0.717, 1.165) is 12.7 Å². The van der Waals surface area contributed by atoms with Gasteiger partial charge in [-0.05, 0) is 31.1 Å². The average Bonchev–Trinajstić information content (AvgIpc) is 2.63. The van der Waals surface area contributed by atoms with Crippen LogP contribution in [0.4, 0.5) is 0 Å². The molecule has 0 unspecified atom stereocenters. The van der Waals surface area contributed by atoms with Crippen LogP contribution in [0.2, 0.25) is 0 Å². The number of aldehydes is 1. The fourth-order valence-corrected chi connectivity index (χ4v) is 2.96. The SMILES string of the molecule is CC(=O)[C@H]1[C@H](CC=O)[C@H]2C=C[C@@H]1C2. The first-order valence-electron chi connectivity index (χ1n) is 4.86. The molecule has 2 aliphatic rings. The predicted molar refractivity (Wildman–Crippen MR) is 49.1 cm³/mol. The Morgan fingerprint density at radius 3 is 2.77 bits per heavy atom. The highest BCUT2D eigenvalue weighted by Gasteiger charge is 2.45. The van der Waals surface area contributed by atoms with Gasteiger partial charge < -0.3 is 4.79 Å². The molecule has 70 valence electrons. The quantitative estimate of drug-likeness (QED) is 0.486. The van der Waals surface area contributed by atoms with Gasteiger partial charge in [0.1, 0.15) is 12.1 Å². The van der Waals surface area contributed by atoms with Crippen molar-refractivity contribution in [2.24, 2.45) is 23.7 Å². The monoisotopic (exact) mass is 178 g/mol. The van der Waals surface area contributed by atoms with Crippen LogP contribution in [0.25, 0.3) is 0 Å². The highest BCUT2D eigenvalue weighted by atomic mass is 16.1. The van der Waals surface area contributed by atoms with Crippen molar-refractivity contribution in [3.8, 4) is 0 Å². The van der Waals surface area contributed by atoms with E-state index >= 15 is 0 Å². The lowest BCUT2D eigenvalue weighted by Crippen LogP contribution is -2.26. The molecule has 4 atom stereocenters. The van der Waals surface area contributed by atoms with Crippen LogP contribution >= 0.6 is 0 Å². The van der Waals surface area contributed by atoms with Gasteiger partial charge in [0, 0.05) is 12.3 Å². The molecule has 0 amide bonds. The molecule has 2 rings (SSSR count). The van der Waals surface area contributed by atoms with Crippen molar-refractivity contribution in [3.63, 3.8) is 0 Å². The fourth-order valence-electron chi connectivity index (χ4n) is 2.96. The van der Waals surface area contributed by atoms with E-state index in [0.29, 0.717) is 24.2 Å². The van der Waals surface area contributed by atoms with Crippen molar-refractivity contribution in [1.82, 2.24) is 0 Å². The standard InChI is InChI=1S/C11H14O2/c1-7(13)11-9-3-2-8(6-9)10(11)4-5-12/h2-3,5,8-11H,4,6H2,1H3/t8-,9+,10+,11+/m0/s1. The van der Waals surface area contributed by atoms with E-state index in [1.807, 2.05) is 0 Å². The molecule has 2 heteroatoms. The second-order valence-electron chi connectivity index (χ2n) is 4.15. The first-order chi connectivity index (χ1) is 6.24. The number of Topliss-reactive ketones (excluding diaryl/α,β-unsaturated/α-hetero) is 1. The van der Waals surface area contributed by atoms with Gasteiger partial charge in [-0.1, -0.05) is 12.2 Å². The summed E-state index contributed by atoms with van der Waals surface area (Å²) in [5, 5.41) is 0. The van der Waals surface area contributed by atoms with Crippen molar-refractivity contribution in [1.29, 1.82) is 0 Å². The Labute approximate surface area is 78.0 Å². The van der Waals surface area contributed by atoms with E-state index in [-0.39, 0.29) is 11.7 Å². The minimum atomic E-state index is 0.125. The molecule has 1 saturated carbocycles.